The average Bonchev–Trinajstić information content (AvgIpc) is 2.41. The highest BCUT2D eigenvalue weighted by Gasteiger charge is 2.10. The number of nitrogens with zero attached hydrogens (tertiary/aromatic N) is 1. The van der Waals surface area contributed by atoms with E-state index in [-0.39, 0.29) is 24.6 Å². The fraction of sp³-hybridized carbons (Fsp3) is 0.429. The maximum absolute atomic E-state index is 13.7. The van der Waals surface area contributed by atoms with E-state index in [9.17, 15) is 14.0 Å². The van der Waals surface area contributed by atoms with Crippen LogP contribution in [-0.4, -0.2) is 36.3 Å². The Hall–Kier alpha value is -1.95. The third-order valence-corrected chi connectivity index (χ3v) is 3.05. The number of carbonyl (C=O) groups excluding carboxylic acids is 2. The van der Waals surface area contributed by atoms with Gasteiger partial charge in [0.1, 0.15) is 5.82 Å². The highest BCUT2D eigenvalue weighted by atomic mass is 19.1. The molecule has 0 aliphatic carbocycles. The smallest absolute Gasteiger partial charge is 0.248 e. The summed E-state index contributed by atoms with van der Waals surface area (Å²) in [6.07, 6.45) is 0. The Labute approximate surface area is 117 Å². The van der Waals surface area contributed by atoms with Gasteiger partial charge in [-0.3, -0.25) is 9.59 Å². The molecule has 0 fully saturated rings. The van der Waals surface area contributed by atoms with E-state index in [0.717, 1.165) is 6.07 Å². The summed E-state index contributed by atoms with van der Waals surface area (Å²) >= 11 is 0. The van der Waals surface area contributed by atoms with Crippen molar-refractivity contribution in [1.82, 2.24) is 10.2 Å². The van der Waals surface area contributed by atoms with Gasteiger partial charge < -0.3 is 16.0 Å². The van der Waals surface area contributed by atoms with Crippen LogP contribution in [0.15, 0.2) is 18.2 Å². The minimum atomic E-state index is -0.667. The standard InChI is InChI=1S/C14H20FN3O2/c1-3-18(4-2)13(19)9-17-8-11-6-5-10(14(16)20)7-12(11)15/h5-7,17H,3-4,8-9H2,1-2H3,(H2,16,20). The van der Waals surface area contributed by atoms with E-state index >= 15 is 0 Å². The Morgan fingerprint density at radius 1 is 1.30 bits per heavy atom. The number of halogens is 1. The van der Waals surface area contributed by atoms with E-state index in [4.69, 9.17) is 5.73 Å². The third-order valence-electron chi connectivity index (χ3n) is 3.05. The van der Waals surface area contributed by atoms with Crippen molar-refractivity contribution >= 4 is 11.8 Å². The monoisotopic (exact) mass is 281 g/mol. The molecule has 0 unspecified atom stereocenters. The first-order valence-electron chi connectivity index (χ1n) is 6.56. The number of rotatable bonds is 7. The predicted molar refractivity (Wildman–Crippen MR) is 74.6 cm³/mol. The molecule has 0 heterocycles. The summed E-state index contributed by atoms with van der Waals surface area (Å²) in [6, 6.07) is 4.06. The van der Waals surface area contributed by atoms with Gasteiger partial charge in [-0.15, -0.1) is 0 Å². The van der Waals surface area contributed by atoms with Crippen LogP contribution < -0.4 is 11.1 Å². The number of hydrogen-bond acceptors (Lipinski definition) is 3. The van der Waals surface area contributed by atoms with E-state index in [1.807, 2.05) is 13.8 Å². The van der Waals surface area contributed by atoms with Crippen LogP contribution in [-0.2, 0) is 11.3 Å². The van der Waals surface area contributed by atoms with E-state index in [1.54, 1.807) is 4.90 Å². The predicted octanol–water partition coefficient (Wildman–Crippen LogP) is 0.883. The normalized spacial score (nSPS) is 10.3. The fourth-order valence-corrected chi connectivity index (χ4v) is 1.84. The van der Waals surface area contributed by atoms with E-state index < -0.39 is 11.7 Å². The molecule has 1 aromatic rings. The third kappa shape index (κ3) is 4.31. The van der Waals surface area contributed by atoms with Crippen LogP contribution in [0.3, 0.4) is 0 Å². The van der Waals surface area contributed by atoms with Gasteiger partial charge in [0.15, 0.2) is 0 Å². The number of amides is 2. The summed E-state index contributed by atoms with van der Waals surface area (Å²) in [5.74, 6) is -1.20. The van der Waals surface area contributed by atoms with Crippen molar-refractivity contribution < 1.29 is 14.0 Å². The molecule has 0 atom stereocenters. The molecule has 5 nitrogen and oxygen atoms in total. The molecule has 0 aromatic heterocycles. The molecular weight excluding hydrogens is 261 g/mol. The zero-order chi connectivity index (χ0) is 15.1. The average molecular weight is 281 g/mol. The maximum atomic E-state index is 13.7. The lowest BCUT2D eigenvalue weighted by molar-refractivity contribution is -0.129. The largest absolute Gasteiger partial charge is 0.366 e. The van der Waals surface area contributed by atoms with Crippen molar-refractivity contribution in [2.24, 2.45) is 5.73 Å². The summed E-state index contributed by atoms with van der Waals surface area (Å²) in [4.78, 5) is 24.3. The SMILES string of the molecule is CCN(CC)C(=O)CNCc1ccc(C(N)=O)cc1F. The Kier molecular flexibility index (Phi) is 6.11. The molecule has 0 saturated carbocycles. The first kappa shape index (κ1) is 16.1. The van der Waals surface area contributed by atoms with E-state index in [2.05, 4.69) is 5.32 Å². The molecule has 0 bridgehead atoms. The van der Waals surface area contributed by atoms with Gasteiger partial charge in [0.05, 0.1) is 6.54 Å². The lowest BCUT2D eigenvalue weighted by Gasteiger charge is -2.18. The lowest BCUT2D eigenvalue weighted by Crippen LogP contribution is -2.37. The van der Waals surface area contributed by atoms with Crippen LogP contribution in [0.25, 0.3) is 0 Å². The van der Waals surface area contributed by atoms with Gasteiger partial charge in [-0.05, 0) is 26.0 Å². The molecule has 0 aliphatic heterocycles. The first-order chi connectivity index (χ1) is 9.49. The highest BCUT2D eigenvalue weighted by molar-refractivity contribution is 5.92. The second kappa shape index (κ2) is 7.59. The van der Waals surface area contributed by atoms with Gasteiger partial charge in [0.25, 0.3) is 0 Å². The fourth-order valence-electron chi connectivity index (χ4n) is 1.84. The van der Waals surface area contributed by atoms with Gasteiger partial charge in [-0.25, -0.2) is 4.39 Å². The quantitative estimate of drug-likeness (QED) is 0.779. The van der Waals surface area contributed by atoms with Gasteiger partial charge in [0.2, 0.25) is 11.8 Å². The molecule has 0 spiro atoms. The zero-order valence-corrected chi connectivity index (χ0v) is 11.8. The molecule has 0 saturated heterocycles. The number of benzene rings is 1. The minimum absolute atomic E-state index is 0.0239. The summed E-state index contributed by atoms with van der Waals surface area (Å²) in [5, 5.41) is 2.89. The van der Waals surface area contributed by atoms with Gasteiger partial charge >= 0.3 is 0 Å². The molecule has 1 rings (SSSR count). The Morgan fingerprint density at radius 3 is 2.45 bits per heavy atom. The second-order valence-corrected chi connectivity index (χ2v) is 4.34. The van der Waals surface area contributed by atoms with Crippen molar-refractivity contribution in [3.63, 3.8) is 0 Å². The topological polar surface area (TPSA) is 75.4 Å². The molecule has 2 amide bonds. The number of hydrogen-bond donors (Lipinski definition) is 2. The minimum Gasteiger partial charge on any atom is -0.366 e. The number of likely N-dealkylation sites (N-methyl/N-ethyl adjacent to an activating group) is 1. The van der Waals surface area contributed by atoms with Crippen LogP contribution in [0.4, 0.5) is 4.39 Å². The van der Waals surface area contributed by atoms with Crippen molar-refractivity contribution in [2.75, 3.05) is 19.6 Å². The molecule has 0 radical (unpaired) electrons. The van der Waals surface area contributed by atoms with Crippen molar-refractivity contribution in [3.8, 4) is 0 Å². The number of nitrogens with two attached hydrogens (primary N) is 1. The molecule has 3 N–H and O–H groups in total. The highest BCUT2D eigenvalue weighted by Crippen LogP contribution is 2.10. The molecule has 20 heavy (non-hydrogen) atoms. The van der Waals surface area contributed by atoms with Crippen LogP contribution in [0.2, 0.25) is 0 Å². The Morgan fingerprint density at radius 2 is 1.95 bits per heavy atom. The number of carbonyl (C=O) groups is 2. The summed E-state index contributed by atoms with van der Waals surface area (Å²) < 4.78 is 13.7. The van der Waals surface area contributed by atoms with Crippen molar-refractivity contribution in [2.45, 2.75) is 20.4 Å². The van der Waals surface area contributed by atoms with Gasteiger partial charge in [-0.1, -0.05) is 6.07 Å². The lowest BCUT2D eigenvalue weighted by atomic mass is 10.1. The number of primary amides is 1. The molecular formula is C14H20FN3O2. The van der Waals surface area contributed by atoms with Crippen LogP contribution in [0, 0.1) is 5.82 Å². The Balaban J connectivity index is 2.54. The van der Waals surface area contributed by atoms with Crippen molar-refractivity contribution in [1.29, 1.82) is 0 Å². The summed E-state index contributed by atoms with van der Waals surface area (Å²) in [7, 11) is 0. The van der Waals surface area contributed by atoms with Crippen LogP contribution in [0.5, 0.6) is 0 Å². The van der Waals surface area contributed by atoms with Gasteiger partial charge in [-0.2, -0.15) is 0 Å². The van der Waals surface area contributed by atoms with Crippen LogP contribution >= 0.6 is 0 Å². The first-order valence-corrected chi connectivity index (χ1v) is 6.56. The van der Waals surface area contributed by atoms with E-state index in [1.165, 1.54) is 12.1 Å². The number of nitrogens with one attached hydrogen (secondary N) is 1. The van der Waals surface area contributed by atoms with Crippen LogP contribution in [0.1, 0.15) is 29.8 Å². The van der Waals surface area contributed by atoms with Crippen molar-refractivity contribution in [3.05, 3.63) is 35.1 Å². The maximum Gasteiger partial charge on any atom is 0.248 e. The summed E-state index contributed by atoms with van der Waals surface area (Å²) in [6.45, 7) is 5.49. The molecule has 1 aromatic carbocycles. The molecule has 6 heteroatoms. The summed E-state index contributed by atoms with van der Waals surface area (Å²) in [5.41, 5.74) is 5.59. The Bertz CT molecular complexity index is 487. The second-order valence-electron chi connectivity index (χ2n) is 4.34. The molecule has 110 valence electrons. The zero-order valence-electron chi connectivity index (χ0n) is 11.8. The molecule has 0 aliphatic rings. The van der Waals surface area contributed by atoms with Gasteiger partial charge in [0, 0.05) is 30.8 Å². The van der Waals surface area contributed by atoms with E-state index in [0.29, 0.717) is 18.7 Å².